The number of nitrogens with one attached hydrogen (secondary N) is 1. The Labute approximate surface area is 239 Å². The summed E-state index contributed by atoms with van der Waals surface area (Å²) in [6.45, 7) is 6.47. The summed E-state index contributed by atoms with van der Waals surface area (Å²) >= 11 is 0. The molecular formula is C36H40N2O2. The topological polar surface area (TPSA) is 49.4 Å². The van der Waals surface area contributed by atoms with E-state index in [9.17, 15) is 9.59 Å². The first-order valence-corrected chi connectivity index (χ1v) is 14.2. The number of carbonyl (C=O) groups excluding carboxylic acids is 2. The standard InChI is InChI=1S/C36H40N2O2/c1-4-28(3)37-36(40)34(24-29-16-8-5-9-17-29)38(26-30-18-14-15-27(2)23-30)35(39)25-33(31-19-10-6-11-20-31)32-21-12-7-13-22-32/h5-23,28,33-34H,4,24-26H2,1-3H3,(H,37,40)/t28-,34-/m1/s1. The summed E-state index contributed by atoms with van der Waals surface area (Å²) < 4.78 is 0. The minimum Gasteiger partial charge on any atom is -0.352 e. The lowest BCUT2D eigenvalue weighted by Crippen LogP contribution is -2.52. The summed E-state index contributed by atoms with van der Waals surface area (Å²) in [5, 5.41) is 3.17. The molecular weight excluding hydrogens is 492 g/mol. The van der Waals surface area contributed by atoms with E-state index in [1.54, 1.807) is 4.90 Å². The number of rotatable bonds is 12. The van der Waals surface area contributed by atoms with Gasteiger partial charge in [-0.25, -0.2) is 0 Å². The molecule has 0 aromatic heterocycles. The Kier molecular flexibility index (Phi) is 10.3. The van der Waals surface area contributed by atoms with Gasteiger partial charge in [-0.2, -0.15) is 0 Å². The van der Waals surface area contributed by atoms with Crippen LogP contribution >= 0.6 is 0 Å². The van der Waals surface area contributed by atoms with Crippen LogP contribution in [0.1, 0.15) is 60.4 Å². The van der Waals surface area contributed by atoms with Gasteiger partial charge in [-0.3, -0.25) is 9.59 Å². The van der Waals surface area contributed by atoms with E-state index in [1.807, 2.05) is 98.8 Å². The van der Waals surface area contributed by atoms with E-state index in [0.29, 0.717) is 13.0 Å². The molecule has 0 unspecified atom stereocenters. The normalized spacial score (nSPS) is 12.5. The minimum absolute atomic E-state index is 0.0167. The van der Waals surface area contributed by atoms with Crippen LogP contribution in [0.3, 0.4) is 0 Å². The van der Waals surface area contributed by atoms with Crippen LogP contribution in [0.2, 0.25) is 0 Å². The molecule has 0 fully saturated rings. The Morgan fingerprint density at radius 1 is 0.750 bits per heavy atom. The number of benzene rings is 4. The van der Waals surface area contributed by atoms with Crippen LogP contribution in [-0.2, 0) is 22.6 Å². The van der Waals surface area contributed by atoms with E-state index in [2.05, 4.69) is 42.6 Å². The van der Waals surface area contributed by atoms with E-state index in [4.69, 9.17) is 0 Å². The number of nitrogens with zero attached hydrogens (tertiary/aromatic N) is 1. The summed E-state index contributed by atoms with van der Waals surface area (Å²) in [5.41, 5.74) is 5.33. The first-order valence-electron chi connectivity index (χ1n) is 14.2. The smallest absolute Gasteiger partial charge is 0.243 e. The van der Waals surface area contributed by atoms with Gasteiger partial charge in [0.15, 0.2) is 0 Å². The fourth-order valence-electron chi connectivity index (χ4n) is 5.09. The van der Waals surface area contributed by atoms with Gasteiger partial charge in [0, 0.05) is 31.3 Å². The molecule has 0 saturated carbocycles. The molecule has 0 spiro atoms. The van der Waals surface area contributed by atoms with Gasteiger partial charge in [0.1, 0.15) is 6.04 Å². The van der Waals surface area contributed by atoms with Crippen molar-refractivity contribution < 1.29 is 9.59 Å². The van der Waals surface area contributed by atoms with E-state index in [-0.39, 0.29) is 30.2 Å². The highest BCUT2D eigenvalue weighted by molar-refractivity contribution is 5.88. The quantitative estimate of drug-likeness (QED) is 0.212. The summed E-state index contributed by atoms with van der Waals surface area (Å²) in [6.07, 6.45) is 1.53. The van der Waals surface area contributed by atoms with Crippen molar-refractivity contribution in [1.82, 2.24) is 10.2 Å². The minimum atomic E-state index is -0.642. The zero-order valence-corrected chi connectivity index (χ0v) is 23.8. The molecule has 0 aliphatic carbocycles. The molecule has 0 aliphatic heterocycles. The fourth-order valence-corrected chi connectivity index (χ4v) is 5.09. The zero-order chi connectivity index (χ0) is 28.3. The maximum atomic E-state index is 14.4. The second-order valence-corrected chi connectivity index (χ2v) is 10.6. The van der Waals surface area contributed by atoms with Crippen molar-refractivity contribution in [3.63, 3.8) is 0 Å². The predicted octanol–water partition coefficient (Wildman–Crippen LogP) is 7.07. The molecule has 4 rings (SSSR count). The molecule has 4 aromatic carbocycles. The van der Waals surface area contributed by atoms with E-state index in [0.717, 1.165) is 34.2 Å². The van der Waals surface area contributed by atoms with Crippen molar-refractivity contribution in [2.24, 2.45) is 0 Å². The Morgan fingerprint density at radius 3 is 1.85 bits per heavy atom. The summed E-state index contributed by atoms with van der Waals surface area (Å²) in [4.78, 5) is 30.1. The van der Waals surface area contributed by atoms with Gasteiger partial charge in [-0.1, -0.05) is 128 Å². The second kappa shape index (κ2) is 14.3. The van der Waals surface area contributed by atoms with Crippen molar-refractivity contribution >= 4 is 11.8 Å². The largest absolute Gasteiger partial charge is 0.352 e. The third-order valence-electron chi connectivity index (χ3n) is 7.49. The van der Waals surface area contributed by atoms with Gasteiger partial charge in [-0.05, 0) is 42.5 Å². The lowest BCUT2D eigenvalue weighted by molar-refractivity contribution is -0.141. The van der Waals surface area contributed by atoms with Gasteiger partial charge in [-0.15, -0.1) is 0 Å². The highest BCUT2D eigenvalue weighted by Gasteiger charge is 2.32. The van der Waals surface area contributed by atoms with Crippen molar-refractivity contribution in [2.45, 2.75) is 64.6 Å². The molecule has 4 heteroatoms. The highest BCUT2D eigenvalue weighted by Crippen LogP contribution is 2.30. The Hall–Kier alpha value is -4.18. The van der Waals surface area contributed by atoms with Gasteiger partial charge in [0.2, 0.25) is 11.8 Å². The van der Waals surface area contributed by atoms with Crippen molar-refractivity contribution in [3.05, 3.63) is 143 Å². The molecule has 0 radical (unpaired) electrons. The van der Waals surface area contributed by atoms with E-state index in [1.165, 1.54) is 0 Å². The molecule has 2 atom stereocenters. The van der Waals surface area contributed by atoms with Crippen molar-refractivity contribution in [1.29, 1.82) is 0 Å². The average molecular weight is 533 g/mol. The van der Waals surface area contributed by atoms with Gasteiger partial charge < -0.3 is 10.2 Å². The third kappa shape index (κ3) is 7.92. The lowest BCUT2D eigenvalue weighted by Gasteiger charge is -2.33. The lowest BCUT2D eigenvalue weighted by atomic mass is 9.87. The van der Waals surface area contributed by atoms with E-state index < -0.39 is 6.04 Å². The molecule has 206 valence electrons. The first-order chi connectivity index (χ1) is 19.4. The first kappa shape index (κ1) is 28.8. The van der Waals surface area contributed by atoms with Gasteiger partial charge >= 0.3 is 0 Å². The number of carbonyl (C=O) groups is 2. The van der Waals surface area contributed by atoms with E-state index >= 15 is 0 Å². The highest BCUT2D eigenvalue weighted by atomic mass is 16.2. The van der Waals surface area contributed by atoms with Crippen molar-refractivity contribution in [2.75, 3.05) is 0 Å². The maximum absolute atomic E-state index is 14.4. The van der Waals surface area contributed by atoms with Crippen LogP contribution in [0.4, 0.5) is 0 Å². The molecule has 2 amide bonds. The van der Waals surface area contributed by atoms with Crippen LogP contribution in [0, 0.1) is 6.92 Å². The molecule has 40 heavy (non-hydrogen) atoms. The summed E-state index contributed by atoms with van der Waals surface area (Å²) in [7, 11) is 0. The number of amides is 2. The van der Waals surface area contributed by atoms with Gasteiger partial charge in [0.05, 0.1) is 0 Å². The van der Waals surface area contributed by atoms with Crippen LogP contribution in [0.5, 0.6) is 0 Å². The fraction of sp³-hybridized carbons (Fsp3) is 0.278. The van der Waals surface area contributed by atoms with Crippen LogP contribution < -0.4 is 5.32 Å². The SMILES string of the molecule is CC[C@@H](C)NC(=O)[C@@H](Cc1ccccc1)N(Cc1cccc(C)c1)C(=O)CC(c1ccccc1)c1ccccc1. The maximum Gasteiger partial charge on any atom is 0.243 e. The Morgan fingerprint density at radius 2 is 1.30 bits per heavy atom. The average Bonchev–Trinajstić information content (AvgIpc) is 2.99. The third-order valence-corrected chi connectivity index (χ3v) is 7.49. The summed E-state index contributed by atoms with van der Waals surface area (Å²) in [5.74, 6) is -0.278. The Bertz CT molecular complexity index is 1320. The van der Waals surface area contributed by atoms with Crippen LogP contribution in [0.15, 0.2) is 115 Å². The molecule has 0 saturated heterocycles. The van der Waals surface area contributed by atoms with Crippen LogP contribution in [-0.4, -0.2) is 28.8 Å². The molecule has 0 bridgehead atoms. The molecule has 4 nitrogen and oxygen atoms in total. The predicted molar refractivity (Wildman–Crippen MR) is 163 cm³/mol. The summed E-state index contributed by atoms with van der Waals surface area (Å²) in [6, 6.07) is 37.9. The molecule has 1 N–H and O–H groups in total. The Balaban J connectivity index is 1.74. The monoisotopic (exact) mass is 532 g/mol. The number of hydrogen-bond donors (Lipinski definition) is 1. The van der Waals surface area contributed by atoms with Crippen molar-refractivity contribution in [3.8, 4) is 0 Å². The molecule has 0 aliphatic rings. The van der Waals surface area contributed by atoms with Crippen LogP contribution in [0.25, 0.3) is 0 Å². The molecule has 0 heterocycles. The number of hydrogen-bond acceptors (Lipinski definition) is 2. The number of aryl methyl sites for hydroxylation is 1. The van der Waals surface area contributed by atoms with Gasteiger partial charge in [0.25, 0.3) is 0 Å². The molecule has 4 aromatic rings. The zero-order valence-electron chi connectivity index (χ0n) is 23.8. The second-order valence-electron chi connectivity index (χ2n) is 10.6.